The summed E-state index contributed by atoms with van der Waals surface area (Å²) in [5.41, 5.74) is 0. The van der Waals surface area contributed by atoms with E-state index in [9.17, 15) is 34.5 Å². The highest BCUT2D eigenvalue weighted by molar-refractivity contribution is 5.74. The molecule has 0 aromatic rings. The SMILES string of the molecule is CCCCC/C=C\C/C=C\CCCCCCCCCC(=O)OC1C(OCC(COC(=O)CCCCCCCCC/C=C\CCCCCCCC)OC(=O)CCCCCCC/C=C\CCCCCCCC)OC(C(=O)O)C(O)C1O. The van der Waals surface area contributed by atoms with E-state index in [4.69, 9.17) is 23.7 Å². The lowest BCUT2D eigenvalue weighted by Gasteiger charge is -2.40. The van der Waals surface area contributed by atoms with Gasteiger partial charge in [-0.05, 0) is 103 Å². The van der Waals surface area contributed by atoms with Crippen LogP contribution in [0.25, 0.3) is 0 Å². The van der Waals surface area contributed by atoms with Gasteiger partial charge in [-0.25, -0.2) is 4.79 Å². The summed E-state index contributed by atoms with van der Waals surface area (Å²) >= 11 is 0. The predicted octanol–water partition coefficient (Wildman–Crippen LogP) is 17.3. The lowest BCUT2D eigenvalue weighted by atomic mass is 9.98. The highest BCUT2D eigenvalue weighted by atomic mass is 16.7. The number of ether oxygens (including phenoxy) is 5. The number of esters is 3. The summed E-state index contributed by atoms with van der Waals surface area (Å²) in [7, 11) is 0. The molecule has 12 heteroatoms. The summed E-state index contributed by atoms with van der Waals surface area (Å²) in [6.07, 6.45) is 54.9. The van der Waals surface area contributed by atoms with Gasteiger partial charge in [0.1, 0.15) is 18.8 Å². The maximum atomic E-state index is 13.2. The minimum Gasteiger partial charge on any atom is -0.479 e. The van der Waals surface area contributed by atoms with Crippen molar-refractivity contribution in [3.8, 4) is 0 Å². The number of unbranched alkanes of at least 4 members (excludes halogenated alkanes) is 34. The summed E-state index contributed by atoms with van der Waals surface area (Å²) in [6, 6.07) is 0. The average Bonchev–Trinajstić information content (AvgIpc) is 3.43. The zero-order chi connectivity index (χ0) is 57.5. The van der Waals surface area contributed by atoms with Crippen LogP contribution in [0.1, 0.15) is 303 Å². The van der Waals surface area contributed by atoms with Crippen molar-refractivity contribution in [2.24, 2.45) is 0 Å². The highest BCUT2D eigenvalue weighted by Crippen LogP contribution is 2.27. The van der Waals surface area contributed by atoms with Crippen LogP contribution in [0.5, 0.6) is 0 Å². The molecule has 0 aliphatic carbocycles. The third-order valence-electron chi connectivity index (χ3n) is 14.8. The Morgan fingerprint density at radius 1 is 0.418 bits per heavy atom. The quantitative estimate of drug-likeness (QED) is 0.0228. The molecule has 6 atom stereocenters. The van der Waals surface area contributed by atoms with E-state index < -0.39 is 67.3 Å². The Bertz CT molecular complexity index is 1560. The Morgan fingerprint density at radius 2 is 0.759 bits per heavy atom. The minimum absolute atomic E-state index is 0.0516. The first-order valence-corrected chi connectivity index (χ1v) is 32.6. The van der Waals surface area contributed by atoms with Gasteiger partial charge in [0.05, 0.1) is 6.61 Å². The lowest BCUT2D eigenvalue weighted by molar-refractivity contribution is -0.301. The fraction of sp³-hybridized carbons (Fsp3) is 0.821. The molecular weight excluding hydrogens is 997 g/mol. The fourth-order valence-electron chi connectivity index (χ4n) is 9.80. The molecule has 1 aliphatic rings. The molecule has 1 aliphatic heterocycles. The minimum atomic E-state index is -1.91. The fourth-order valence-corrected chi connectivity index (χ4v) is 9.80. The van der Waals surface area contributed by atoms with Crippen LogP contribution in [0.3, 0.4) is 0 Å². The van der Waals surface area contributed by atoms with E-state index in [0.717, 1.165) is 122 Å². The average molecular weight is 1120 g/mol. The van der Waals surface area contributed by atoms with Crippen molar-refractivity contribution in [1.29, 1.82) is 0 Å². The van der Waals surface area contributed by atoms with E-state index in [2.05, 4.69) is 69.4 Å². The number of hydrogen-bond acceptors (Lipinski definition) is 11. The van der Waals surface area contributed by atoms with Gasteiger partial charge in [0, 0.05) is 19.3 Å². The molecule has 0 aromatic heterocycles. The number of carbonyl (C=O) groups is 4. The van der Waals surface area contributed by atoms with E-state index >= 15 is 0 Å². The summed E-state index contributed by atoms with van der Waals surface area (Å²) in [4.78, 5) is 51.3. The van der Waals surface area contributed by atoms with Crippen LogP contribution in [-0.4, -0.2) is 89.2 Å². The maximum Gasteiger partial charge on any atom is 0.335 e. The molecule has 458 valence electrons. The number of hydrogen-bond donors (Lipinski definition) is 3. The van der Waals surface area contributed by atoms with Crippen molar-refractivity contribution < 1.29 is 58.2 Å². The van der Waals surface area contributed by atoms with E-state index in [1.165, 1.54) is 122 Å². The molecule has 0 amide bonds. The van der Waals surface area contributed by atoms with Gasteiger partial charge < -0.3 is 39.0 Å². The summed E-state index contributed by atoms with van der Waals surface area (Å²) in [5.74, 6) is -3.12. The van der Waals surface area contributed by atoms with E-state index in [0.29, 0.717) is 19.3 Å². The van der Waals surface area contributed by atoms with Gasteiger partial charge >= 0.3 is 23.9 Å². The number of carboxylic acids is 1. The van der Waals surface area contributed by atoms with Crippen LogP contribution in [0.15, 0.2) is 48.6 Å². The van der Waals surface area contributed by atoms with Crippen molar-refractivity contribution in [3.05, 3.63) is 48.6 Å². The van der Waals surface area contributed by atoms with Gasteiger partial charge in [0.15, 0.2) is 24.6 Å². The number of carbonyl (C=O) groups excluding carboxylic acids is 3. The lowest BCUT2D eigenvalue weighted by Crippen LogP contribution is -2.61. The van der Waals surface area contributed by atoms with Crippen LogP contribution < -0.4 is 0 Å². The second kappa shape index (κ2) is 55.2. The predicted molar refractivity (Wildman–Crippen MR) is 322 cm³/mol. The van der Waals surface area contributed by atoms with Gasteiger partial charge in [-0.3, -0.25) is 14.4 Å². The van der Waals surface area contributed by atoms with Crippen molar-refractivity contribution in [2.75, 3.05) is 13.2 Å². The molecule has 12 nitrogen and oxygen atoms in total. The van der Waals surface area contributed by atoms with E-state index in [-0.39, 0.29) is 25.9 Å². The van der Waals surface area contributed by atoms with E-state index in [1.54, 1.807) is 0 Å². The van der Waals surface area contributed by atoms with Crippen LogP contribution in [0.4, 0.5) is 0 Å². The third-order valence-corrected chi connectivity index (χ3v) is 14.8. The Kier molecular flexibility index (Phi) is 51.5. The molecule has 1 fully saturated rings. The first kappa shape index (κ1) is 73.7. The number of aliphatic hydroxyl groups is 2. The van der Waals surface area contributed by atoms with Crippen LogP contribution in [0.2, 0.25) is 0 Å². The Labute approximate surface area is 482 Å². The number of rotatable bonds is 56. The molecule has 0 bridgehead atoms. The molecule has 0 spiro atoms. The van der Waals surface area contributed by atoms with Gasteiger partial charge in [-0.15, -0.1) is 0 Å². The normalized spacial score (nSPS) is 18.1. The van der Waals surface area contributed by atoms with Crippen LogP contribution in [-0.2, 0) is 42.9 Å². The maximum absolute atomic E-state index is 13.2. The van der Waals surface area contributed by atoms with Crippen molar-refractivity contribution in [2.45, 2.75) is 340 Å². The van der Waals surface area contributed by atoms with Crippen LogP contribution >= 0.6 is 0 Å². The highest BCUT2D eigenvalue weighted by Gasteiger charge is 2.50. The summed E-state index contributed by atoms with van der Waals surface area (Å²) in [6.45, 7) is 5.98. The Morgan fingerprint density at radius 3 is 1.18 bits per heavy atom. The van der Waals surface area contributed by atoms with Gasteiger partial charge in [0.25, 0.3) is 0 Å². The zero-order valence-electron chi connectivity index (χ0n) is 50.6. The monoisotopic (exact) mass is 1110 g/mol. The molecule has 1 saturated heterocycles. The number of allylic oxidation sites excluding steroid dienone is 8. The van der Waals surface area contributed by atoms with Crippen molar-refractivity contribution in [1.82, 2.24) is 0 Å². The Hall–Kier alpha value is -3.32. The first-order valence-electron chi connectivity index (χ1n) is 32.6. The number of carboxylic acid groups (broad SMARTS) is 1. The second-order valence-corrected chi connectivity index (χ2v) is 22.4. The van der Waals surface area contributed by atoms with Crippen molar-refractivity contribution in [3.63, 3.8) is 0 Å². The summed E-state index contributed by atoms with van der Waals surface area (Å²) in [5, 5.41) is 31.6. The molecule has 1 rings (SSSR count). The Balaban J connectivity index is 2.66. The topological polar surface area (TPSA) is 175 Å². The number of aliphatic hydroxyl groups excluding tert-OH is 2. The first-order chi connectivity index (χ1) is 38.6. The molecule has 6 unspecified atom stereocenters. The van der Waals surface area contributed by atoms with Crippen LogP contribution in [0, 0.1) is 0 Å². The molecule has 0 saturated carbocycles. The zero-order valence-corrected chi connectivity index (χ0v) is 50.6. The molecule has 1 heterocycles. The molecule has 79 heavy (non-hydrogen) atoms. The molecule has 0 radical (unpaired) electrons. The molecule has 3 N–H and O–H groups in total. The third kappa shape index (κ3) is 45.0. The summed E-state index contributed by atoms with van der Waals surface area (Å²) < 4.78 is 28.5. The van der Waals surface area contributed by atoms with Crippen molar-refractivity contribution >= 4 is 23.9 Å². The second-order valence-electron chi connectivity index (χ2n) is 22.4. The van der Waals surface area contributed by atoms with Gasteiger partial charge in [-0.2, -0.15) is 0 Å². The largest absolute Gasteiger partial charge is 0.479 e. The van der Waals surface area contributed by atoms with Gasteiger partial charge in [-0.1, -0.05) is 230 Å². The standard InChI is InChI=1S/C67H118O12/c1-4-7-10-13-16-19-22-25-28-30-33-35-38-41-44-47-50-53-59(68)75-56-58(77-60(69)54-51-48-45-42-39-36-32-27-24-21-18-15-12-9-6-3)57-76-67-65(63(72)62(71)64(79-67)66(73)74)78-61(70)55-52-49-46-43-40-37-34-31-29-26-23-20-17-14-11-8-5-2/h17,20,25-29,32,58,62-65,67,71-72H,4-16,18-19,21-24,30-31,33-57H2,1-3H3,(H,73,74)/b20-17-,28-25-,29-26-,32-27-. The van der Waals surface area contributed by atoms with E-state index in [1.807, 2.05) is 0 Å². The molecule has 0 aromatic carbocycles. The molecular formula is C67H118O12. The van der Waals surface area contributed by atoms with Gasteiger partial charge in [0.2, 0.25) is 0 Å². The number of aliphatic carboxylic acids is 1. The smallest absolute Gasteiger partial charge is 0.335 e.